The molecule has 1 N–H and O–H groups in total. The largest absolute Gasteiger partial charge is 0.497 e. The Bertz CT molecular complexity index is 880. The highest BCUT2D eigenvalue weighted by Gasteiger charge is 2.21. The fourth-order valence-corrected chi connectivity index (χ4v) is 4.12. The molecule has 31 heavy (non-hydrogen) atoms. The summed E-state index contributed by atoms with van der Waals surface area (Å²) in [6.07, 6.45) is 5.58. The minimum atomic E-state index is 0.769. The van der Waals surface area contributed by atoms with Gasteiger partial charge in [0.2, 0.25) is 5.95 Å². The molecule has 7 nitrogen and oxygen atoms in total. The summed E-state index contributed by atoms with van der Waals surface area (Å²) in [5.41, 5.74) is 0.936. The third kappa shape index (κ3) is 6.51. The zero-order chi connectivity index (χ0) is 22.2. The second-order valence-electron chi connectivity index (χ2n) is 7.71. The van der Waals surface area contributed by atoms with Crippen molar-refractivity contribution in [1.29, 1.82) is 0 Å². The Balaban J connectivity index is 1.73. The van der Waals surface area contributed by atoms with E-state index in [-0.39, 0.29) is 0 Å². The second-order valence-corrected chi connectivity index (χ2v) is 8.64. The first-order valence-electron chi connectivity index (χ1n) is 10.7. The number of nitrogens with one attached hydrogen (secondary N) is 1. The first-order valence-corrected chi connectivity index (χ1v) is 11.9. The number of anilines is 4. The van der Waals surface area contributed by atoms with E-state index in [4.69, 9.17) is 14.7 Å². The molecule has 0 aliphatic carbocycles. The number of aromatic nitrogens is 2. The van der Waals surface area contributed by atoms with Crippen molar-refractivity contribution in [1.82, 2.24) is 14.9 Å². The van der Waals surface area contributed by atoms with Gasteiger partial charge in [-0.2, -0.15) is 9.97 Å². The van der Waals surface area contributed by atoms with Gasteiger partial charge in [0.1, 0.15) is 17.4 Å². The number of piperazine rings is 1. The summed E-state index contributed by atoms with van der Waals surface area (Å²) in [5.74, 6) is 3.24. The van der Waals surface area contributed by atoms with Gasteiger partial charge in [-0.1, -0.05) is 19.1 Å². The number of hydrogen-bond donors (Lipinski definition) is 1. The van der Waals surface area contributed by atoms with Gasteiger partial charge in [-0.15, -0.1) is 11.8 Å². The number of allylic oxidation sites excluding steroid dienone is 1. The number of rotatable bonds is 9. The van der Waals surface area contributed by atoms with Gasteiger partial charge in [0.05, 0.1) is 7.11 Å². The summed E-state index contributed by atoms with van der Waals surface area (Å²) < 4.78 is 5.33. The minimum absolute atomic E-state index is 0.769. The van der Waals surface area contributed by atoms with Crippen LogP contribution in [0.1, 0.15) is 13.3 Å². The highest BCUT2D eigenvalue weighted by atomic mass is 32.2. The van der Waals surface area contributed by atoms with Crippen molar-refractivity contribution in [2.24, 2.45) is 0 Å². The summed E-state index contributed by atoms with van der Waals surface area (Å²) in [5, 5.41) is 3.40. The number of methoxy groups -OCH3 is 1. The number of benzene rings is 1. The van der Waals surface area contributed by atoms with Gasteiger partial charge in [0, 0.05) is 64.6 Å². The van der Waals surface area contributed by atoms with Crippen LogP contribution in [0.25, 0.3) is 0 Å². The van der Waals surface area contributed by atoms with Crippen LogP contribution in [-0.2, 0) is 0 Å². The van der Waals surface area contributed by atoms with Crippen molar-refractivity contribution >= 4 is 35.0 Å². The molecule has 1 saturated heterocycles. The number of thioether (sulfide) groups is 1. The predicted octanol–water partition coefficient (Wildman–Crippen LogP) is 4.07. The molecule has 1 fully saturated rings. The fraction of sp³-hybridized carbons (Fsp3) is 0.478. The van der Waals surface area contributed by atoms with Gasteiger partial charge in [0.25, 0.3) is 0 Å². The molecular weight excluding hydrogens is 408 g/mol. The molecule has 0 radical (unpaired) electrons. The molecule has 0 atom stereocenters. The highest BCUT2D eigenvalue weighted by molar-refractivity contribution is 8.02. The SMILES string of the molecule is CC/C=C(/CN1CCN(c2nc(Nc3cccc(OC)c3)cc(N(C)C)n2)CC1)SC. The normalized spacial score (nSPS) is 15.1. The van der Waals surface area contributed by atoms with E-state index in [9.17, 15) is 0 Å². The van der Waals surface area contributed by atoms with E-state index in [2.05, 4.69) is 34.4 Å². The minimum Gasteiger partial charge on any atom is -0.497 e. The van der Waals surface area contributed by atoms with E-state index in [1.807, 2.05) is 61.1 Å². The van der Waals surface area contributed by atoms with E-state index >= 15 is 0 Å². The molecule has 1 aliphatic rings. The van der Waals surface area contributed by atoms with Crippen LogP contribution in [-0.4, -0.2) is 75.1 Å². The molecule has 1 aromatic heterocycles. The van der Waals surface area contributed by atoms with E-state index in [0.29, 0.717) is 0 Å². The molecule has 2 heterocycles. The lowest BCUT2D eigenvalue weighted by atomic mass is 10.3. The fourth-order valence-electron chi connectivity index (χ4n) is 3.47. The van der Waals surface area contributed by atoms with Crippen molar-refractivity contribution in [3.05, 3.63) is 41.3 Å². The standard InChI is InChI=1S/C23H34N6OS/c1-6-8-20(31-5)17-28-11-13-29(14-12-28)23-25-21(16-22(26-23)27(2)3)24-18-9-7-10-19(15-18)30-4/h7-10,15-16H,6,11-14,17H2,1-5H3,(H,24,25,26)/b20-8-. The number of ether oxygens (including phenoxy) is 1. The molecule has 0 bridgehead atoms. The Morgan fingerprint density at radius 1 is 1.19 bits per heavy atom. The molecule has 0 amide bonds. The predicted molar refractivity (Wildman–Crippen MR) is 133 cm³/mol. The van der Waals surface area contributed by atoms with Crippen LogP contribution in [0.15, 0.2) is 41.3 Å². The summed E-state index contributed by atoms with van der Waals surface area (Å²) >= 11 is 1.85. The summed E-state index contributed by atoms with van der Waals surface area (Å²) in [6, 6.07) is 9.83. The van der Waals surface area contributed by atoms with Gasteiger partial charge >= 0.3 is 0 Å². The molecule has 3 rings (SSSR count). The van der Waals surface area contributed by atoms with Crippen LogP contribution < -0.4 is 19.9 Å². The zero-order valence-electron chi connectivity index (χ0n) is 19.3. The first-order chi connectivity index (χ1) is 15.0. The molecule has 1 aliphatic heterocycles. The maximum Gasteiger partial charge on any atom is 0.229 e. The monoisotopic (exact) mass is 442 g/mol. The van der Waals surface area contributed by atoms with E-state index in [1.54, 1.807) is 7.11 Å². The summed E-state index contributed by atoms with van der Waals surface area (Å²) in [6.45, 7) is 7.09. The highest BCUT2D eigenvalue weighted by Crippen LogP contribution is 2.25. The van der Waals surface area contributed by atoms with Crippen molar-refractivity contribution in [2.45, 2.75) is 13.3 Å². The Hall–Kier alpha value is -2.45. The van der Waals surface area contributed by atoms with Crippen molar-refractivity contribution in [3.63, 3.8) is 0 Å². The maximum atomic E-state index is 5.33. The van der Waals surface area contributed by atoms with Gasteiger partial charge in [-0.25, -0.2) is 0 Å². The average Bonchev–Trinajstić information content (AvgIpc) is 2.79. The van der Waals surface area contributed by atoms with Crippen LogP contribution in [0.4, 0.5) is 23.3 Å². The lowest BCUT2D eigenvalue weighted by Gasteiger charge is -2.35. The molecule has 2 aromatic rings. The van der Waals surface area contributed by atoms with Crippen LogP contribution in [0.2, 0.25) is 0 Å². The van der Waals surface area contributed by atoms with Gasteiger partial charge < -0.3 is 19.9 Å². The number of nitrogens with zero attached hydrogens (tertiary/aromatic N) is 5. The van der Waals surface area contributed by atoms with Crippen molar-refractivity contribution in [3.8, 4) is 5.75 Å². The number of hydrogen-bond acceptors (Lipinski definition) is 8. The Morgan fingerprint density at radius 3 is 2.61 bits per heavy atom. The van der Waals surface area contributed by atoms with E-state index < -0.39 is 0 Å². The smallest absolute Gasteiger partial charge is 0.229 e. The lowest BCUT2D eigenvalue weighted by molar-refractivity contribution is 0.281. The molecular formula is C23H34N6OS. The maximum absolute atomic E-state index is 5.33. The first kappa shape index (κ1) is 23.2. The third-order valence-corrected chi connectivity index (χ3v) is 6.05. The van der Waals surface area contributed by atoms with Crippen LogP contribution in [0.5, 0.6) is 5.75 Å². The van der Waals surface area contributed by atoms with Gasteiger partial charge in [0.15, 0.2) is 0 Å². The Labute approximate surface area is 190 Å². The van der Waals surface area contributed by atoms with Crippen LogP contribution >= 0.6 is 11.8 Å². The zero-order valence-corrected chi connectivity index (χ0v) is 20.1. The average molecular weight is 443 g/mol. The quantitative estimate of drug-likeness (QED) is 0.624. The third-order valence-electron chi connectivity index (χ3n) is 5.23. The Morgan fingerprint density at radius 2 is 1.97 bits per heavy atom. The molecule has 0 spiro atoms. The second kappa shape index (κ2) is 11.2. The van der Waals surface area contributed by atoms with Crippen molar-refractivity contribution < 1.29 is 4.74 Å². The lowest BCUT2D eigenvalue weighted by Crippen LogP contribution is -2.47. The molecule has 0 saturated carbocycles. The van der Waals surface area contributed by atoms with Crippen molar-refractivity contribution in [2.75, 3.05) is 75.3 Å². The molecule has 168 valence electrons. The summed E-state index contributed by atoms with van der Waals surface area (Å²) in [4.78, 5) is 17.9. The van der Waals surface area contributed by atoms with Crippen LogP contribution in [0.3, 0.4) is 0 Å². The van der Waals surface area contributed by atoms with E-state index in [0.717, 1.165) is 68.2 Å². The topological polar surface area (TPSA) is 56.8 Å². The Kier molecular flexibility index (Phi) is 8.43. The molecule has 0 unspecified atom stereocenters. The van der Waals surface area contributed by atoms with E-state index in [1.165, 1.54) is 4.91 Å². The van der Waals surface area contributed by atoms with Gasteiger partial charge in [-0.05, 0) is 29.7 Å². The molecule has 1 aromatic carbocycles. The molecule has 8 heteroatoms. The van der Waals surface area contributed by atoms with Crippen LogP contribution in [0, 0.1) is 0 Å². The van der Waals surface area contributed by atoms with Gasteiger partial charge in [-0.3, -0.25) is 4.90 Å². The summed E-state index contributed by atoms with van der Waals surface area (Å²) in [7, 11) is 5.68.